The molecule has 26 heavy (non-hydrogen) atoms. The Hall–Kier alpha value is -3.12. The average Bonchev–Trinajstić information content (AvgIpc) is 3.16. The standard InChI is InChI=1S/C20H19N3O3/c1-12-17(19(26-23-12)13-7-3-2-4-8-13)21-20(25)22-18-15-10-6-5-9-14(15)11-16(18)24/h2-10,16,18,24H,11H2,1H3,(H2,21,22,25)/t16-,18+/m1/s1. The van der Waals surface area contributed by atoms with Crippen LogP contribution in [0.5, 0.6) is 0 Å². The molecule has 3 aromatic rings. The third-order valence-corrected chi connectivity index (χ3v) is 4.63. The molecule has 1 aromatic heterocycles. The van der Waals surface area contributed by atoms with Gasteiger partial charge in [0, 0.05) is 12.0 Å². The molecule has 0 unspecified atom stereocenters. The summed E-state index contributed by atoms with van der Waals surface area (Å²) in [6.07, 6.45) is -0.113. The molecular weight excluding hydrogens is 330 g/mol. The van der Waals surface area contributed by atoms with Crippen LogP contribution in [0.4, 0.5) is 10.5 Å². The van der Waals surface area contributed by atoms with Gasteiger partial charge in [-0.25, -0.2) is 4.79 Å². The summed E-state index contributed by atoms with van der Waals surface area (Å²) in [7, 11) is 0. The van der Waals surface area contributed by atoms with E-state index in [-0.39, 0.29) is 0 Å². The number of aromatic nitrogens is 1. The van der Waals surface area contributed by atoms with Crippen LogP contribution in [-0.2, 0) is 6.42 Å². The van der Waals surface area contributed by atoms with Crippen molar-refractivity contribution in [3.8, 4) is 11.3 Å². The monoisotopic (exact) mass is 349 g/mol. The summed E-state index contributed by atoms with van der Waals surface area (Å²) in [5.74, 6) is 0.505. The van der Waals surface area contributed by atoms with Crippen LogP contribution in [0.15, 0.2) is 59.1 Å². The highest BCUT2D eigenvalue weighted by molar-refractivity contribution is 5.94. The van der Waals surface area contributed by atoms with Crippen molar-refractivity contribution < 1.29 is 14.4 Å². The van der Waals surface area contributed by atoms with Crippen LogP contribution >= 0.6 is 0 Å². The van der Waals surface area contributed by atoms with Crippen LogP contribution in [-0.4, -0.2) is 22.4 Å². The van der Waals surface area contributed by atoms with Crippen LogP contribution < -0.4 is 10.6 Å². The van der Waals surface area contributed by atoms with Crippen molar-refractivity contribution in [2.24, 2.45) is 0 Å². The summed E-state index contributed by atoms with van der Waals surface area (Å²) in [6, 6.07) is 16.4. The fourth-order valence-corrected chi connectivity index (χ4v) is 3.34. The average molecular weight is 349 g/mol. The van der Waals surface area contributed by atoms with Crippen molar-refractivity contribution >= 4 is 11.7 Å². The number of fused-ring (bicyclic) bond motifs is 1. The summed E-state index contributed by atoms with van der Waals surface area (Å²) in [5, 5.41) is 19.9. The molecule has 2 aromatic carbocycles. The lowest BCUT2D eigenvalue weighted by Crippen LogP contribution is -2.37. The molecule has 0 bridgehead atoms. The topological polar surface area (TPSA) is 87.4 Å². The SMILES string of the molecule is Cc1noc(-c2ccccc2)c1NC(=O)N[C@H]1c2ccccc2C[C@H]1O. The Balaban J connectivity index is 1.54. The number of anilines is 1. The van der Waals surface area contributed by atoms with Gasteiger partial charge in [-0.15, -0.1) is 0 Å². The Morgan fingerprint density at radius 2 is 1.88 bits per heavy atom. The first kappa shape index (κ1) is 16.4. The number of amides is 2. The molecule has 3 N–H and O–H groups in total. The van der Waals surface area contributed by atoms with Crippen LogP contribution in [0.2, 0.25) is 0 Å². The molecule has 0 saturated carbocycles. The van der Waals surface area contributed by atoms with E-state index in [9.17, 15) is 9.90 Å². The molecule has 1 aliphatic carbocycles. The van der Waals surface area contributed by atoms with E-state index < -0.39 is 18.2 Å². The highest BCUT2D eigenvalue weighted by Crippen LogP contribution is 2.33. The largest absolute Gasteiger partial charge is 0.390 e. The summed E-state index contributed by atoms with van der Waals surface area (Å²) >= 11 is 0. The lowest BCUT2D eigenvalue weighted by atomic mass is 10.1. The summed E-state index contributed by atoms with van der Waals surface area (Å²) in [4.78, 5) is 12.6. The van der Waals surface area contributed by atoms with E-state index in [0.717, 1.165) is 16.7 Å². The smallest absolute Gasteiger partial charge is 0.319 e. The van der Waals surface area contributed by atoms with E-state index in [1.807, 2.05) is 54.6 Å². The Labute approximate surface area is 150 Å². The highest BCUT2D eigenvalue weighted by atomic mass is 16.5. The number of aryl methyl sites for hydroxylation is 1. The lowest BCUT2D eigenvalue weighted by Gasteiger charge is -2.18. The zero-order valence-corrected chi connectivity index (χ0v) is 14.3. The van der Waals surface area contributed by atoms with E-state index >= 15 is 0 Å². The van der Waals surface area contributed by atoms with Gasteiger partial charge < -0.3 is 20.3 Å². The molecule has 6 nitrogen and oxygen atoms in total. The number of carbonyl (C=O) groups is 1. The number of carbonyl (C=O) groups excluding carboxylic acids is 1. The van der Waals surface area contributed by atoms with E-state index in [1.54, 1.807) is 6.92 Å². The van der Waals surface area contributed by atoms with Crippen molar-refractivity contribution in [1.82, 2.24) is 10.5 Å². The number of aliphatic hydroxyl groups is 1. The maximum absolute atomic E-state index is 12.6. The molecule has 0 aliphatic heterocycles. The zero-order valence-electron chi connectivity index (χ0n) is 14.3. The van der Waals surface area contributed by atoms with E-state index in [1.165, 1.54) is 0 Å². The van der Waals surface area contributed by atoms with Crippen molar-refractivity contribution in [3.63, 3.8) is 0 Å². The third kappa shape index (κ3) is 2.95. The minimum atomic E-state index is -0.643. The molecule has 0 saturated heterocycles. The number of urea groups is 1. The number of rotatable bonds is 3. The van der Waals surface area contributed by atoms with Gasteiger partial charge in [0.1, 0.15) is 11.4 Å². The fraction of sp³-hybridized carbons (Fsp3) is 0.200. The molecule has 4 rings (SSSR count). The molecule has 6 heteroatoms. The second kappa shape index (κ2) is 6.65. The van der Waals surface area contributed by atoms with Gasteiger partial charge in [-0.2, -0.15) is 0 Å². The molecular formula is C20H19N3O3. The Bertz CT molecular complexity index is 936. The van der Waals surface area contributed by atoms with Crippen molar-refractivity contribution in [2.45, 2.75) is 25.5 Å². The minimum Gasteiger partial charge on any atom is -0.390 e. The maximum atomic E-state index is 12.6. The Morgan fingerprint density at radius 1 is 1.15 bits per heavy atom. The molecule has 0 spiro atoms. The number of hydrogen-bond donors (Lipinski definition) is 3. The third-order valence-electron chi connectivity index (χ3n) is 4.63. The van der Waals surface area contributed by atoms with Gasteiger partial charge in [0.25, 0.3) is 0 Å². The van der Waals surface area contributed by atoms with E-state index in [4.69, 9.17) is 4.52 Å². The number of nitrogens with zero attached hydrogens (tertiary/aromatic N) is 1. The van der Waals surface area contributed by atoms with Gasteiger partial charge in [0.15, 0.2) is 5.76 Å². The Morgan fingerprint density at radius 3 is 2.69 bits per heavy atom. The predicted octanol–water partition coefficient (Wildman–Crippen LogP) is 3.43. The minimum absolute atomic E-state index is 0.408. The number of hydrogen-bond acceptors (Lipinski definition) is 4. The van der Waals surface area contributed by atoms with Gasteiger partial charge in [-0.3, -0.25) is 0 Å². The number of aliphatic hydroxyl groups excluding tert-OH is 1. The molecule has 2 atom stereocenters. The van der Waals surface area contributed by atoms with Crippen LogP contribution in [0.1, 0.15) is 22.9 Å². The molecule has 1 aliphatic rings. The molecule has 2 amide bonds. The van der Waals surface area contributed by atoms with Gasteiger partial charge in [-0.1, -0.05) is 59.8 Å². The van der Waals surface area contributed by atoms with Crippen LogP contribution in [0, 0.1) is 6.92 Å². The van der Waals surface area contributed by atoms with Crippen molar-refractivity contribution in [3.05, 3.63) is 71.4 Å². The second-order valence-corrected chi connectivity index (χ2v) is 6.38. The van der Waals surface area contributed by atoms with Gasteiger partial charge in [-0.05, 0) is 18.1 Å². The molecule has 0 radical (unpaired) electrons. The maximum Gasteiger partial charge on any atom is 0.319 e. The fourth-order valence-electron chi connectivity index (χ4n) is 3.34. The first-order valence-corrected chi connectivity index (χ1v) is 8.48. The van der Waals surface area contributed by atoms with Gasteiger partial charge in [0.2, 0.25) is 0 Å². The predicted molar refractivity (Wildman–Crippen MR) is 97.7 cm³/mol. The summed E-state index contributed by atoms with van der Waals surface area (Å²) in [5.41, 5.74) is 3.94. The Kier molecular flexibility index (Phi) is 4.18. The second-order valence-electron chi connectivity index (χ2n) is 6.38. The quantitative estimate of drug-likeness (QED) is 0.676. The van der Waals surface area contributed by atoms with Crippen LogP contribution in [0.3, 0.4) is 0 Å². The molecule has 0 fully saturated rings. The molecule has 132 valence electrons. The molecule has 1 heterocycles. The first-order valence-electron chi connectivity index (χ1n) is 8.48. The van der Waals surface area contributed by atoms with E-state index in [2.05, 4.69) is 15.8 Å². The zero-order chi connectivity index (χ0) is 18.1. The summed E-state index contributed by atoms with van der Waals surface area (Å²) < 4.78 is 5.39. The van der Waals surface area contributed by atoms with Crippen molar-refractivity contribution in [2.75, 3.05) is 5.32 Å². The first-order chi connectivity index (χ1) is 12.6. The van der Waals surface area contributed by atoms with Gasteiger partial charge >= 0.3 is 6.03 Å². The van der Waals surface area contributed by atoms with E-state index in [0.29, 0.717) is 23.6 Å². The lowest BCUT2D eigenvalue weighted by molar-refractivity contribution is 0.144. The highest BCUT2D eigenvalue weighted by Gasteiger charge is 2.32. The van der Waals surface area contributed by atoms with Crippen molar-refractivity contribution in [1.29, 1.82) is 0 Å². The summed E-state index contributed by atoms with van der Waals surface area (Å²) in [6.45, 7) is 1.77. The number of benzene rings is 2. The van der Waals surface area contributed by atoms with Crippen LogP contribution in [0.25, 0.3) is 11.3 Å². The normalized spacial score (nSPS) is 18.4. The van der Waals surface area contributed by atoms with Gasteiger partial charge in [0.05, 0.1) is 12.1 Å². The number of nitrogens with one attached hydrogen (secondary N) is 2.